The van der Waals surface area contributed by atoms with E-state index in [1.54, 1.807) is 26.4 Å². The maximum atomic E-state index is 12.9. The Labute approximate surface area is 166 Å². The van der Waals surface area contributed by atoms with Crippen molar-refractivity contribution in [3.63, 3.8) is 0 Å². The van der Waals surface area contributed by atoms with Crippen LogP contribution < -0.4 is 14.8 Å². The van der Waals surface area contributed by atoms with Crippen LogP contribution in [0.5, 0.6) is 11.5 Å². The molecule has 6 nitrogen and oxygen atoms in total. The van der Waals surface area contributed by atoms with Crippen LogP contribution in [0.3, 0.4) is 0 Å². The summed E-state index contributed by atoms with van der Waals surface area (Å²) in [6.45, 7) is 0. The lowest BCUT2D eigenvalue weighted by Gasteiger charge is -2.09. The van der Waals surface area contributed by atoms with Crippen LogP contribution in [0.1, 0.15) is 10.5 Å². The van der Waals surface area contributed by atoms with E-state index in [9.17, 15) is 4.79 Å². The topological polar surface area (TPSA) is 76.5 Å². The normalized spacial score (nSPS) is 11.2. The number of carbonyl (C=O) groups is 1. The average molecular weight is 386 g/mol. The number of ether oxygens (including phenoxy) is 2. The number of carbonyl (C=O) groups excluding carboxylic acids is 1. The zero-order chi connectivity index (χ0) is 20.0. The number of methoxy groups -OCH3 is 2. The highest BCUT2D eigenvalue weighted by atomic mass is 16.5. The van der Waals surface area contributed by atoms with Crippen LogP contribution in [0.2, 0.25) is 0 Å². The molecule has 6 heteroatoms. The van der Waals surface area contributed by atoms with Crippen molar-refractivity contribution < 1.29 is 18.7 Å². The van der Waals surface area contributed by atoms with E-state index in [1.165, 1.54) is 0 Å². The fourth-order valence-corrected chi connectivity index (χ4v) is 3.56. The third-order valence-corrected chi connectivity index (χ3v) is 5.02. The summed E-state index contributed by atoms with van der Waals surface area (Å²) in [6.07, 6.45) is 0. The zero-order valence-corrected chi connectivity index (χ0v) is 15.9. The number of aromatic amines is 1. The quantitative estimate of drug-likeness (QED) is 0.437. The molecule has 1 amide bonds. The first kappa shape index (κ1) is 17.2. The minimum Gasteiger partial charge on any atom is -0.497 e. The predicted molar refractivity (Wildman–Crippen MR) is 113 cm³/mol. The molecule has 5 rings (SSSR count). The molecule has 29 heavy (non-hydrogen) atoms. The summed E-state index contributed by atoms with van der Waals surface area (Å²) in [5, 5.41) is 5.78. The van der Waals surface area contributed by atoms with Crippen LogP contribution in [0, 0.1) is 0 Å². The van der Waals surface area contributed by atoms with Gasteiger partial charge in [-0.1, -0.05) is 18.2 Å². The predicted octanol–water partition coefficient (Wildman–Crippen LogP) is 5.34. The van der Waals surface area contributed by atoms with Gasteiger partial charge in [0.25, 0.3) is 5.91 Å². The Morgan fingerprint density at radius 2 is 1.79 bits per heavy atom. The summed E-state index contributed by atoms with van der Waals surface area (Å²) in [6, 6.07) is 18.9. The molecule has 144 valence electrons. The smallest absolute Gasteiger partial charge is 0.272 e. The molecule has 2 N–H and O–H groups in total. The Kier molecular flexibility index (Phi) is 3.91. The van der Waals surface area contributed by atoms with Gasteiger partial charge < -0.3 is 24.2 Å². The second kappa shape index (κ2) is 6.60. The van der Waals surface area contributed by atoms with Crippen molar-refractivity contribution in [1.82, 2.24) is 4.98 Å². The fraction of sp³-hybridized carbons (Fsp3) is 0.0870. The highest BCUT2D eigenvalue weighted by Crippen LogP contribution is 2.36. The van der Waals surface area contributed by atoms with E-state index in [4.69, 9.17) is 13.9 Å². The van der Waals surface area contributed by atoms with Crippen molar-refractivity contribution >= 4 is 44.4 Å². The van der Waals surface area contributed by atoms with E-state index in [-0.39, 0.29) is 5.91 Å². The van der Waals surface area contributed by atoms with E-state index < -0.39 is 0 Å². The summed E-state index contributed by atoms with van der Waals surface area (Å²) in [4.78, 5) is 16.0. The molecule has 0 radical (unpaired) electrons. The number of benzene rings is 3. The van der Waals surface area contributed by atoms with Gasteiger partial charge in [-0.2, -0.15) is 0 Å². The molecule has 0 bridgehead atoms. The Hall–Kier alpha value is -3.93. The lowest BCUT2D eigenvalue weighted by molar-refractivity contribution is 0.102. The molecule has 0 fully saturated rings. The monoisotopic (exact) mass is 386 g/mol. The summed E-state index contributed by atoms with van der Waals surface area (Å²) in [7, 11) is 3.19. The standard InChI is InChI=1S/C23H18N2O4/c1-27-14-8-7-13-9-19(24-17(13)10-14)23(26)25-18-12-21-16(11-22(18)28-2)15-5-3-4-6-20(15)29-21/h3-12,24H,1-2H3,(H,25,26). The summed E-state index contributed by atoms with van der Waals surface area (Å²) in [5.74, 6) is 1.02. The molecule has 0 unspecified atom stereocenters. The fourth-order valence-electron chi connectivity index (χ4n) is 3.56. The summed E-state index contributed by atoms with van der Waals surface area (Å²) >= 11 is 0. The van der Waals surface area contributed by atoms with Gasteiger partial charge in [0.05, 0.1) is 19.9 Å². The number of H-pyrrole nitrogens is 1. The Morgan fingerprint density at radius 3 is 2.62 bits per heavy atom. The first-order valence-electron chi connectivity index (χ1n) is 9.13. The van der Waals surface area contributed by atoms with Crippen molar-refractivity contribution in [2.24, 2.45) is 0 Å². The van der Waals surface area contributed by atoms with Gasteiger partial charge in [0.2, 0.25) is 0 Å². The van der Waals surface area contributed by atoms with Crippen LogP contribution in [0.4, 0.5) is 5.69 Å². The molecular weight excluding hydrogens is 368 g/mol. The number of aromatic nitrogens is 1. The molecule has 0 saturated carbocycles. The van der Waals surface area contributed by atoms with E-state index in [2.05, 4.69) is 10.3 Å². The number of hydrogen-bond donors (Lipinski definition) is 2. The van der Waals surface area contributed by atoms with Crippen molar-refractivity contribution in [3.05, 3.63) is 66.4 Å². The van der Waals surface area contributed by atoms with Crippen LogP contribution in [-0.2, 0) is 0 Å². The SMILES string of the molecule is COc1ccc2cc(C(=O)Nc3cc4oc5ccccc5c4cc3OC)[nH]c2c1. The van der Waals surface area contributed by atoms with Gasteiger partial charge >= 0.3 is 0 Å². The van der Waals surface area contributed by atoms with Crippen molar-refractivity contribution in [2.45, 2.75) is 0 Å². The molecule has 2 aromatic heterocycles. The van der Waals surface area contributed by atoms with E-state index >= 15 is 0 Å². The van der Waals surface area contributed by atoms with Gasteiger partial charge in [-0.3, -0.25) is 4.79 Å². The highest BCUT2D eigenvalue weighted by Gasteiger charge is 2.16. The van der Waals surface area contributed by atoms with Gasteiger partial charge in [-0.15, -0.1) is 0 Å². The molecule has 0 atom stereocenters. The second-order valence-electron chi connectivity index (χ2n) is 6.74. The van der Waals surface area contributed by atoms with Gasteiger partial charge in [0.1, 0.15) is 28.4 Å². The molecular formula is C23H18N2O4. The maximum absolute atomic E-state index is 12.9. The van der Waals surface area contributed by atoms with Gasteiger partial charge in [-0.25, -0.2) is 0 Å². The molecule has 0 spiro atoms. The molecule has 5 aromatic rings. The third-order valence-electron chi connectivity index (χ3n) is 5.02. The summed E-state index contributed by atoms with van der Waals surface area (Å²) in [5.41, 5.74) is 3.29. The largest absolute Gasteiger partial charge is 0.497 e. The number of nitrogens with one attached hydrogen (secondary N) is 2. The van der Waals surface area contributed by atoms with Gasteiger partial charge in [0, 0.05) is 33.8 Å². The number of para-hydroxylation sites is 1. The summed E-state index contributed by atoms with van der Waals surface area (Å²) < 4.78 is 16.7. The van der Waals surface area contributed by atoms with Crippen molar-refractivity contribution in [3.8, 4) is 11.5 Å². The van der Waals surface area contributed by atoms with Crippen LogP contribution >= 0.6 is 0 Å². The molecule has 0 aliphatic carbocycles. The minimum atomic E-state index is -0.270. The third kappa shape index (κ3) is 2.86. The highest BCUT2D eigenvalue weighted by molar-refractivity contribution is 6.10. The molecule has 3 aromatic carbocycles. The number of fused-ring (bicyclic) bond motifs is 4. The number of rotatable bonds is 4. The first-order valence-corrected chi connectivity index (χ1v) is 9.13. The van der Waals surface area contributed by atoms with Crippen molar-refractivity contribution in [1.29, 1.82) is 0 Å². The Morgan fingerprint density at radius 1 is 0.931 bits per heavy atom. The zero-order valence-electron chi connectivity index (χ0n) is 15.9. The number of hydrogen-bond acceptors (Lipinski definition) is 4. The lowest BCUT2D eigenvalue weighted by Crippen LogP contribution is -2.13. The number of anilines is 1. The van der Waals surface area contributed by atoms with Gasteiger partial charge in [0.15, 0.2) is 0 Å². The first-order chi connectivity index (χ1) is 14.2. The van der Waals surface area contributed by atoms with Crippen LogP contribution in [-0.4, -0.2) is 25.1 Å². The van der Waals surface area contributed by atoms with E-state index in [1.807, 2.05) is 48.5 Å². The maximum Gasteiger partial charge on any atom is 0.272 e. The molecule has 0 aliphatic rings. The van der Waals surface area contributed by atoms with E-state index in [0.717, 1.165) is 33.0 Å². The Balaban J connectivity index is 1.53. The van der Waals surface area contributed by atoms with Crippen LogP contribution in [0.15, 0.2) is 65.1 Å². The lowest BCUT2D eigenvalue weighted by atomic mass is 10.1. The second-order valence-corrected chi connectivity index (χ2v) is 6.74. The molecule has 2 heterocycles. The van der Waals surface area contributed by atoms with E-state index in [0.29, 0.717) is 22.7 Å². The van der Waals surface area contributed by atoms with Crippen LogP contribution in [0.25, 0.3) is 32.8 Å². The molecule has 0 saturated heterocycles. The minimum absolute atomic E-state index is 0.270. The average Bonchev–Trinajstić information content (AvgIpc) is 3.33. The van der Waals surface area contributed by atoms with Crippen molar-refractivity contribution in [2.75, 3.05) is 19.5 Å². The van der Waals surface area contributed by atoms with Gasteiger partial charge in [-0.05, 0) is 30.3 Å². The Bertz CT molecular complexity index is 1380. The number of furan rings is 1. The molecule has 0 aliphatic heterocycles. The number of amides is 1.